The van der Waals surface area contributed by atoms with Gasteiger partial charge in [-0.3, -0.25) is 9.59 Å². The maximum absolute atomic E-state index is 12.6. The highest BCUT2D eigenvalue weighted by molar-refractivity contribution is 5.84. The van der Waals surface area contributed by atoms with Crippen LogP contribution in [0.15, 0.2) is 0 Å². The summed E-state index contributed by atoms with van der Waals surface area (Å²) in [5, 5.41) is 2.77. The van der Waals surface area contributed by atoms with E-state index in [0.29, 0.717) is 58.7 Å². The molecule has 2 aliphatic rings. The average molecular weight is 255 g/mol. The smallest absolute Gasteiger partial charge is 0.230 e. The lowest BCUT2D eigenvalue weighted by Gasteiger charge is -2.38. The summed E-state index contributed by atoms with van der Waals surface area (Å²) in [6.45, 7) is 3.14. The van der Waals surface area contributed by atoms with E-state index in [1.54, 1.807) is 4.90 Å². The fraction of sp³-hybridized carbons (Fsp3) is 0.833. The van der Waals surface area contributed by atoms with Gasteiger partial charge in [-0.25, -0.2) is 0 Å². The molecule has 2 rings (SSSR count). The molecule has 0 aromatic heterocycles. The van der Waals surface area contributed by atoms with Crippen molar-refractivity contribution in [3.8, 4) is 0 Å². The van der Waals surface area contributed by atoms with Crippen LogP contribution in [0.5, 0.6) is 0 Å². The van der Waals surface area contributed by atoms with Crippen molar-refractivity contribution in [2.75, 3.05) is 39.4 Å². The number of hydrogen-bond acceptors (Lipinski definition) is 4. The van der Waals surface area contributed by atoms with Crippen molar-refractivity contribution < 1.29 is 14.3 Å². The maximum atomic E-state index is 12.6. The fourth-order valence-electron chi connectivity index (χ4n) is 2.57. The van der Waals surface area contributed by atoms with Gasteiger partial charge in [0.2, 0.25) is 11.8 Å². The lowest BCUT2D eigenvalue weighted by Crippen LogP contribution is -2.51. The first-order chi connectivity index (χ1) is 8.68. The van der Waals surface area contributed by atoms with Crippen LogP contribution in [0.2, 0.25) is 0 Å². The first-order valence-electron chi connectivity index (χ1n) is 6.52. The average Bonchev–Trinajstić information content (AvgIpc) is 2.63. The number of hydrogen-bond donors (Lipinski definition) is 2. The Bertz CT molecular complexity index is 327. The number of nitrogens with two attached hydrogens (primary N) is 1. The van der Waals surface area contributed by atoms with E-state index in [0.717, 1.165) is 0 Å². The van der Waals surface area contributed by atoms with E-state index >= 15 is 0 Å². The van der Waals surface area contributed by atoms with E-state index in [-0.39, 0.29) is 11.8 Å². The largest absolute Gasteiger partial charge is 0.381 e. The minimum absolute atomic E-state index is 0.0130. The van der Waals surface area contributed by atoms with E-state index in [9.17, 15) is 9.59 Å². The number of nitrogens with zero attached hydrogens (tertiary/aromatic N) is 1. The van der Waals surface area contributed by atoms with Gasteiger partial charge in [-0.1, -0.05) is 0 Å². The molecule has 2 heterocycles. The van der Waals surface area contributed by atoms with Gasteiger partial charge in [-0.15, -0.1) is 0 Å². The number of carbonyl (C=O) groups is 2. The molecule has 3 N–H and O–H groups in total. The molecule has 0 radical (unpaired) electrons. The number of nitrogens with one attached hydrogen (secondary N) is 1. The number of rotatable bonds is 2. The molecule has 0 saturated carbocycles. The molecule has 6 nitrogen and oxygen atoms in total. The molecule has 0 unspecified atom stereocenters. The summed E-state index contributed by atoms with van der Waals surface area (Å²) in [5.74, 6) is 0.101. The Kier molecular flexibility index (Phi) is 4.19. The molecule has 0 aromatic rings. The minimum Gasteiger partial charge on any atom is -0.381 e. The first kappa shape index (κ1) is 13.3. The number of carbonyl (C=O) groups excluding carboxylic acids is 2. The second-order valence-corrected chi connectivity index (χ2v) is 4.99. The van der Waals surface area contributed by atoms with E-state index < -0.39 is 5.41 Å². The van der Waals surface area contributed by atoms with Crippen molar-refractivity contribution >= 4 is 11.8 Å². The van der Waals surface area contributed by atoms with Crippen LogP contribution in [-0.2, 0) is 14.3 Å². The summed E-state index contributed by atoms with van der Waals surface area (Å²) < 4.78 is 5.31. The van der Waals surface area contributed by atoms with Crippen molar-refractivity contribution in [2.45, 2.75) is 19.3 Å². The molecule has 2 fully saturated rings. The van der Waals surface area contributed by atoms with Gasteiger partial charge in [0.25, 0.3) is 0 Å². The van der Waals surface area contributed by atoms with Crippen LogP contribution in [0.4, 0.5) is 0 Å². The highest BCUT2D eigenvalue weighted by atomic mass is 16.5. The predicted molar refractivity (Wildman–Crippen MR) is 65.7 cm³/mol. The standard InChI is InChI=1S/C12H21N3O3/c13-9-12(2-7-18-8-3-12)11(17)15-5-1-10(16)14-4-6-15/h1-9,13H2,(H,14,16). The monoisotopic (exact) mass is 255 g/mol. The Balaban J connectivity index is 2.05. The van der Waals surface area contributed by atoms with Crippen LogP contribution in [0, 0.1) is 5.41 Å². The Morgan fingerprint density at radius 3 is 2.78 bits per heavy atom. The summed E-state index contributed by atoms with van der Waals surface area (Å²) in [5.41, 5.74) is 5.35. The van der Waals surface area contributed by atoms with Gasteiger partial charge >= 0.3 is 0 Å². The summed E-state index contributed by atoms with van der Waals surface area (Å²) in [4.78, 5) is 25.7. The number of amides is 2. The molecule has 0 atom stereocenters. The van der Waals surface area contributed by atoms with Crippen LogP contribution in [0.3, 0.4) is 0 Å². The van der Waals surface area contributed by atoms with Crippen molar-refractivity contribution in [1.29, 1.82) is 0 Å². The summed E-state index contributed by atoms with van der Waals surface area (Å²) in [6, 6.07) is 0. The third-order valence-corrected chi connectivity index (χ3v) is 3.89. The first-order valence-corrected chi connectivity index (χ1v) is 6.52. The lowest BCUT2D eigenvalue weighted by atomic mass is 9.79. The quantitative estimate of drug-likeness (QED) is 0.669. The zero-order chi connectivity index (χ0) is 13.0. The Morgan fingerprint density at radius 1 is 1.39 bits per heavy atom. The number of ether oxygens (including phenoxy) is 1. The molecular weight excluding hydrogens is 234 g/mol. The van der Waals surface area contributed by atoms with Gasteiger partial charge in [0.15, 0.2) is 0 Å². The van der Waals surface area contributed by atoms with E-state index in [1.165, 1.54) is 0 Å². The van der Waals surface area contributed by atoms with Gasteiger partial charge in [0.05, 0.1) is 5.41 Å². The second kappa shape index (κ2) is 5.67. The van der Waals surface area contributed by atoms with Gasteiger partial charge in [0, 0.05) is 45.8 Å². The Labute approximate surface area is 107 Å². The summed E-state index contributed by atoms with van der Waals surface area (Å²) in [6.07, 6.45) is 1.74. The molecule has 2 saturated heterocycles. The highest BCUT2D eigenvalue weighted by Crippen LogP contribution is 2.31. The minimum atomic E-state index is -0.481. The van der Waals surface area contributed by atoms with E-state index in [2.05, 4.69) is 5.32 Å². The highest BCUT2D eigenvalue weighted by Gasteiger charge is 2.41. The van der Waals surface area contributed by atoms with Gasteiger partial charge in [-0.05, 0) is 12.8 Å². The van der Waals surface area contributed by atoms with E-state index in [1.807, 2.05) is 0 Å². The van der Waals surface area contributed by atoms with Crippen LogP contribution < -0.4 is 11.1 Å². The molecular formula is C12H21N3O3. The molecule has 0 aliphatic carbocycles. The Hall–Kier alpha value is -1.14. The fourth-order valence-corrected chi connectivity index (χ4v) is 2.57. The molecule has 2 amide bonds. The lowest BCUT2D eigenvalue weighted by molar-refractivity contribution is -0.147. The molecule has 0 aromatic carbocycles. The summed E-state index contributed by atoms with van der Waals surface area (Å²) in [7, 11) is 0. The molecule has 102 valence electrons. The topological polar surface area (TPSA) is 84.7 Å². The van der Waals surface area contributed by atoms with Gasteiger partial charge < -0.3 is 20.7 Å². The molecule has 0 bridgehead atoms. The maximum Gasteiger partial charge on any atom is 0.230 e. The zero-order valence-electron chi connectivity index (χ0n) is 10.6. The second-order valence-electron chi connectivity index (χ2n) is 4.99. The van der Waals surface area contributed by atoms with E-state index in [4.69, 9.17) is 10.5 Å². The predicted octanol–water partition coefficient (Wildman–Crippen LogP) is -0.910. The summed E-state index contributed by atoms with van der Waals surface area (Å²) >= 11 is 0. The molecule has 0 spiro atoms. The van der Waals surface area contributed by atoms with Crippen molar-refractivity contribution in [2.24, 2.45) is 11.1 Å². The third kappa shape index (κ3) is 2.64. The van der Waals surface area contributed by atoms with Gasteiger partial charge in [0.1, 0.15) is 0 Å². The van der Waals surface area contributed by atoms with Crippen molar-refractivity contribution in [1.82, 2.24) is 10.2 Å². The Morgan fingerprint density at radius 2 is 2.11 bits per heavy atom. The van der Waals surface area contributed by atoms with Crippen LogP contribution in [-0.4, -0.2) is 56.1 Å². The van der Waals surface area contributed by atoms with Crippen molar-refractivity contribution in [3.05, 3.63) is 0 Å². The molecule has 2 aliphatic heterocycles. The van der Waals surface area contributed by atoms with Crippen LogP contribution >= 0.6 is 0 Å². The van der Waals surface area contributed by atoms with Crippen LogP contribution in [0.1, 0.15) is 19.3 Å². The zero-order valence-corrected chi connectivity index (χ0v) is 10.6. The normalized spacial score (nSPS) is 24.3. The van der Waals surface area contributed by atoms with Crippen LogP contribution in [0.25, 0.3) is 0 Å². The molecule has 6 heteroatoms. The van der Waals surface area contributed by atoms with Crippen molar-refractivity contribution in [3.63, 3.8) is 0 Å². The SMILES string of the molecule is NCC1(C(=O)N2CCNC(=O)CC2)CCOCC1. The molecule has 18 heavy (non-hydrogen) atoms. The van der Waals surface area contributed by atoms with Gasteiger partial charge in [-0.2, -0.15) is 0 Å². The third-order valence-electron chi connectivity index (χ3n) is 3.89.